The Bertz CT molecular complexity index is 481. The topological polar surface area (TPSA) is 77.1 Å². The van der Waals surface area contributed by atoms with Crippen LogP contribution in [0.5, 0.6) is 0 Å². The molecule has 0 aliphatic heterocycles. The number of pyridine rings is 1. The minimum absolute atomic E-state index is 0. The number of nitrogens with one attached hydrogen (secondary N) is 1. The van der Waals surface area contributed by atoms with E-state index in [-0.39, 0.29) is 36.0 Å². The molecule has 1 aromatic rings. The van der Waals surface area contributed by atoms with E-state index < -0.39 is 0 Å². The molecule has 0 atom stereocenters. The predicted molar refractivity (Wildman–Crippen MR) is 76.3 cm³/mol. The van der Waals surface area contributed by atoms with Crippen LogP contribution in [0.2, 0.25) is 0 Å². The highest BCUT2D eigenvalue weighted by Crippen LogP contribution is 2.28. The molecular formula is C13H20ClN3O2. The van der Waals surface area contributed by atoms with Gasteiger partial charge in [-0.2, -0.15) is 0 Å². The Morgan fingerprint density at radius 1 is 1.37 bits per heavy atom. The number of hydrogen-bond donors (Lipinski definition) is 2. The van der Waals surface area contributed by atoms with Gasteiger partial charge in [0.05, 0.1) is 5.54 Å². The summed E-state index contributed by atoms with van der Waals surface area (Å²) < 4.78 is 1.40. The first-order valence-electron chi connectivity index (χ1n) is 6.32. The van der Waals surface area contributed by atoms with Crippen molar-refractivity contribution < 1.29 is 4.79 Å². The van der Waals surface area contributed by atoms with Gasteiger partial charge in [0.1, 0.15) is 6.54 Å². The quantitative estimate of drug-likeness (QED) is 0.853. The monoisotopic (exact) mass is 285 g/mol. The first-order chi connectivity index (χ1) is 8.65. The number of amides is 1. The molecule has 0 radical (unpaired) electrons. The lowest BCUT2D eigenvalue weighted by atomic mass is 9.98. The third kappa shape index (κ3) is 3.81. The summed E-state index contributed by atoms with van der Waals surface area (Å²) in [6.07, 6.45) is 5.68. The van der Waals surface area contributed by atoms with E-state index in [1.54, 1.807) is 18.3 Å². The van der Waals surface area contributed by atoms with Crippen LogP contribution < -0.4 is 16.6 Å². The Kier molecular flexibility index (Phi) is 5.57. The number of aromatic nitrogens is 1. The van der Waals surface area contributed by atoms with Crippen LogP contribution in [0.4, 0.5) is 0 Å². The molecule has 0 saturated heterocycles. The van der Waals surface area contributed by atoms with Crippen LogP contribution in [0.15, 0.2) is 29.2 Å². The van der Waals surface area contributed by atoms with Crippen molar-refractivity contribution in [3.05, 3.63) is 34.7 Å². The number of nitrogens with two attached hydrogens (primary N) is 1. The molecule has 5 nitrogen and oxygen atoms in total. The van der Waals surface area contributed by atoms with Crippen LogP contribution in [0.1, 0.15) is 25.7 Å². The second kappa shape index (κ2) is 6.73. The van der Waals surface area contributed by atoms with E-state index in [9.17, 15) is 9.59 Å². The Hall–Kier alpha value is -1.33. The Labute approximate surface area is 118 Å². The summed E-state index contributed by atoms with van der Waals surface area (Å²) >= 11 is 0. The average Bonchev–Trinajstić information content (AvgIpc) is 2.81. The lowest BCUT2D eigenvalue weighted by molar-refractivity contribution is -0.123. The molecule has 3 N–H and O–H groups in total. The van der Waals surface area contributed by atoms with Crippen molar-refractivity contribution in [2.75, 3.05) is 6.54 Å². The maximum absolute atomic E-state index is 12.0. The lowest BCUT2D eigenvalue weighted by Crippen LogP contribution is -2.52. The van der Waals surface area contributed by atoms with Gasteiger partial charge in [0.2, 0.25) is 5.91 Å². The molecule has 6 heteroatoms. The maximum atomic E-state index is 12.0. The highest BCUT2D eigenvalue weighted by Gasteiger charge is 2.33. The molecule has 1 aromatic heterocycles. The number of halogens is 1. The van der Waals surface area contributed by atoms with E-state index in [2.05, 4.69) is 5.32 Å². The van der Waals surface area contributed by atoms with Gasteiger partial charge in [-0.3, -0.25) is 9.59 Å². The fourth-order valence-corrected chi connectivity index (χ4v) is 2.51. The summed E-state index contributed by atoms with van der Waals surface area (Å²) in [4.78, 5) is 23.5. The molecule has 0 unspecified atom stereocenters. The zero-order chi connectivity index (χ0) is 13.0. The van der Waals surface area contributed by atoms with Crippen LogP contribution in [-0.2, 0) is 11.3 Å². The van der Waals surface area contributed by atoms with Crippen molar-refractivity contribution in [3.63, 3.8) is 0 Å². The van der Waals surface area contributed by atoms with E-state index >= 15 is 0 Å². The maximum Gasteiger partial charge on any atom is 0.250 e. The number of nitrogens with zero attached hydrogens (tertiary/aromatic N) is 1. The number of carbonyl (C=O) groups is 1. The predicted octanol–water partition coefficient (Wildman–Crippen LogP) is 0.658. The second-order valence-corrected chi connectivity index (χ2v) is 4.91. The van der Waals surface area contributed by atoms with Crippen LogP contribution in [0.25, 0.3) is 0 Å². The minimum Gasteiger partial charge on any atom is -0.348 e. The zero-order valence-corrected chi connectivity index (χ0v) is 11.6. The Balaban J connectivity index is 0.00000180. The zero-order valence-electron chi connectivity index (χ0n) is 10.8. The van der Waals surface area contributed by atoms with E-state index in [0.717, 1.165) is 25.7 Å². The van der Waals surface area contributed by atoms with Gasteiger partial charge in [-0.15, -0.1) is 12.4 Å². The van der Waals surface area contributed by atoms with Crippen molar-refractivity contribution in [2.45, 2.75) is 37.8 Å². The standard InChI is InChI=1S/C13H19N3O2.ClH/c14-10-13(6-2-3-7-13)15-11(17)9-16-8-4-1-5-12(16)18;/h1,4-5,8H,2-3,6-7,9-10,14H2,(H,15,17);1H. The number of carbonyl (C=O) groups excluding carboxylic acids is 1. The van der Waals surface area contributed by atoms with Crippen molar-refractivity contribution in [3.8, 4) is 0 Å². The summed E-state index contributed by atoms with van der Waals surface area (Å²) in [5, 5.41) is 2.99. The summed E-state index contributed by atoms with van der Waals surface area (Å²) in [5.74, 6) is -0.143. The van der Waals surface area contributed by atoms with Gasteiger partial charge in [-0.05, 0) is 18.9 Å². The van der Waals surface area contributed by atoms with Crippen molar-refractivity contribution >= 4 is 18.3 Å². The molecular weight excluding hydrogens is 266 g/mol. The number of rotatable bonds is 4. The summed E-state index contributed by atoms with van der Waals surface area (Å²) in [7, 11) is 0. The normalized spacial score (nSPS) is 16.7. The SMILES string of the molecule is Cl.NCC1(NC(=O)Cn2ccccc2=O)CCCC1. The fraction of sp³-hybridized carbons (Fsp3) is 0.538. The first-order valence-corrected chi connectivity index (χ1v) is 6.32. The van der Waals surface area contributed by atoms with Gasteiger partial charge in [-0.1, -0.05) is 18.9 Å². The molecule has 106 valence electrons. The molecule has 19 heavy (non-hydrogen) atoms. The molecule has 1 heterocycles. The van der Waals surface area contributed by atoms with Gasteiger partial charge in [0.15, 0.2) is 0 Å². The molecule has 1 amide bonds. The van der Waals surface area contributed by atoms with Gasteiger partial charge >= 0.3 is 0 Å². The molecule has 1 saturated carbocycles. The van der Waals surface area contributed by atoms with E-state index in [0.29, 0.717) is 6.54 Å². The minimum atomic E-state index is -0.254. The van der Waals surface area contributed by atoms with E-state index in [4.69, 9.17) is 5.73 Å². The summed E-state index contributed by atoms with van der Waals surface area (Å²) in [5.41, 5.74) is 5.34. The van der Waals surface area contributed by atoms with Crippen molar-refractivity contribution in [1.29, 1.82) is 0 Å². The largest absolute Gasteiger partial charge is 0.348 e. The number of hydrogen-bond acceptors (Lipinski definition) is 3. The second-order valence-electron chi connectivity index (χ2n) is 4.91. The van der Waals surface area contributed by atoms with Crippen molar-refractivity contribution in [1.82, 2.24) is 9.88 Å². The van der Waals surface area contributed by atoms with E-state index in [1.807, 2.05) is 0 Å². The van der Waals surface area contributed by atoms with E-state index in [1.165, 1.54) is 10.6 Å². The third-order valence-electron chi connectivity index (χ3n) is 3.57. The summed E-state index contributed by atoms with van der Waals surface area (Å²) in [6.45, 7) is 0.518. The van der Waals surface area contributed by atoms with Crippen LogP contribution in [0.3, 0.4) is 0 Å². The van der Waals surface area contributed by atoms with Gasteiger partial charge in [0.25, 0.3) is 5.56 Å². The molecule has 1 aliphatic rings. The average molecular weight is 286 g/mol. The molecule has 1 fully saturated rings. The van der Waals surface area contributed by atoms with Crippen LogP contribution >= 0.6 is 12.4 Å². The van der Waals surface area contributed by atoms with Crippen LogP contribution in [-0.4, -0.2) is 22.6 Å². The Morgan fingerprint density at radius 3 is 2.63 bits per heavy atom. The fourth-order valence-electron chi connectivity index (χ4n) is 2.51. The molecule has 0 aromatic carbocycles. The van der Waals surface area contributed by atoms with Gasteiger partial charge in [-0.25, -0.2) is 0 Å². The third-order valence-corrected chi connectivity index (χ3v) is 3.57. The molecule has 0 spiro atoms. The smallest absolute Gasteiger partial charge is 0.250 e. The highest BCUT2D eigenvalue weighted by atomic mass is 35.5. The molecule has 2 rings (SSSR count). The lowest BCUT2D eigenvalue weighted by Gasteiger charge is -2.28. The van der Waals surface area contributed by atoms with Gasteiger partial charge < -0.3 is 15.6 Å². The molecule has 0 bridgehead atoms. The Morgan fingerprint density at radius 2 is 2.05 bits per heavy atom. The summed E-state index contributed by atoms with van der Waals surface area (Å²) in [6, 6.07) is 4.85. The first kappa shape index (κ1) is 15.7. The van der Waals surface area contributed by atoms with Gasteiger partial charge in [0, 0.05) is 18.8 Å². The molecule has 1 aliphatic carbocycles. The highest BCUT2D eigenvalue weighted by molar-refractivity contribution is 5.85. The van der Waals surface area contributed by atoms with Crippen molar-refractivity contribution in [2.24, 2.45) is 5.73 Å². The van der Waals surface area contributed by atoms with Crippen LogP contribution in [0, 0.1) is 0 Å².